The average molecular weight is 667 g/mol. The van der Waals surface area contributed by atoms with Gasteiger partial charge in [0, 0.05) is 38.9 Å². The van der Waals surface area contributed by atoms with E-state index in [1.807, 2.05) is 91.0 Å². The molecule has 0 N–H and O–H groups in total. The smallest absolute Gasteiger partial charge is 0.185 e. The first-order valence-electron chi connectivity index (χ1n) is 17.2. The molecule has 1 aromatic heterocycles. The second-order valence-electron chi connectivity index (χ2n) is 12.7. The van der Waals surface area contributed by atoms with Crippen LogP contribution in [0, 0.1) is 11.3 Å². The van der Waals surface area contributed by atoms with Crippen LogP contribution in [0.2, 0.25) is 0 Å². The number of ether oxygens (including phenoxy) is 1. The van der Waals surface area contributed by atoms with Gasteiger partial charge in [-0.25, -0.2) is 15.0 Å². The van der Waals surface area contributed by atoms with Gasteiger partial charge in [0.15, 0.2) is 23.1 Å². The fourth-order valence-electron chi connectivity index (χ4n) is 7.12. The van der Waals surface area contributed by atoms with Gasteiger partial charge in [-0.1, -0.05) is 158 Å². The number of rotatable bonds is 6. The first kappa shape index (κ1) is 30.9. The van der Waals surface area contributed by atoms with Gasteiger partial charge in [-0.15, -0.1) is 0 Å². The summed E-state index contributed by atoms with van der Waals surface area (Å²) in [6.45, 7) is 0. The van der Waals surface area contributed by atoms with E-state index >= 15 is 0 Å². The van der Waals surface area contributed by atoms with Crippen LogP contribution in [0.1, 0.15) is 22.3 Å². The normalized spacial score (nSPS) is 12.5. The molecule has 0 unspecified atom stereocenters. The van der Waals surface area contributed by atoms with E-state index in [1.165, 1.54) is 0 Å². The molecule has 1 aliphatic rings. The summed E-state index contributed by atoms with van der Waals surface area (Å²) in [5, 5.41) is 10.2. The van der Waals surface area contributed by atoms with Gasteiger partial charge in [-0.3, -0.25) is 0 Å². The molecule has 0 saturated carbocycles. The molecule has 52 heavy (non-hydrogen) atoms. The molecular formula is C47H30N4O. The van der Waals surface area contributed by atoms with Crippen LogP contribution in [0.3, 0.4) is 0 Å². The number of hydrogen-bond donors (Lipinski definition) is 0. The number of hydrogen-bond acceptors (Lipinski definition) is 5. The Morgan fingerprint density at radius 3 is 1.50 bits per heavy atom. The molecule has 0 saturated heterocycles. The number of nitrogens with zero attached hydrogens (tertiary/aromatic N) is 4. The molecule has 0 amide bonds. The van der Waals surface area contributed by atoms with Crippen LogP contribution in [0.15, 0.2) is 182 Å². The molecule has 0 aliphatic carbocycles. The van der Waals surface area contributed by atoms with Crippen molar-refractivity contribution in [3.05, 3.63) is 204 Å². The van der Waals surface area contributed by atoms with Gasteiger partial charge in [-0.2, -0.15) is 5.26 Å². The first-order chi connectivity index (χ1) is 25.7. The molecule has 5 heteroatoms. The fourth-order valence-corrected chi connectivity index (χ4v) is 7.12. The van der Waals surface area contributed by atoms with Crippen LogP contribution in [0.4, 0.5) is 0 Å². The summed E-state index contributed by atoms with van der Waals surface area (Å²) in [6, 6.07) is 63.5. The number of benzene rings is 7. The lowest BCUT2D eigenvalue weighted by atomic mass is 9.75. The first-order valence-corrected chi connectivity index (χ1v) is 17.2. The summed E-state index contributed by atoms with van der Waals surface area (Å²) in [5.74, 6) is 2.37. The van der Waals surface area contributed by atoms with Crippen LogP contribution >= 0.6 is 0 Å². The van der Waals surface area contributed by atoms with E-state index in [9.17, 15) is 5.26 Å². The SMILES string of the molecule is N#Cc1cc(-c2ccc3c(c2)OC(c2ccccc2)(c2ccccc2)c2ccccc2-3)cc(-c2nc(-c3ccccc3)nc(-c3ccccc3)n2)c1. The second kappa shape index (κ2) is 12.9. The molecule has 0 bridgehead atoms. The summed E-state index contributed by atoms with van der Waals surface area (Å²) >= 11 is 0. The summed E-state index contributed by atoms with van der Waals surface area (Å²) in [6.07, 6.45) is 0. The van der Waals surface area contributed by atoms with E-state index in [1.54, 1.807) is 0 Å². The predicted molar refractivity (Wildman–Crippen MR) is 205 cm³/mol. The van der Waals surface area contributed by atoms with Crippen LogP contribution in [0.5, 0.6) is 5.75 Å². The summed E-state index contributed by atoms with van der Waals surface area (Å²) < 4.78 is 7.28. The van der Waals surface area contributed by atoms with Crippen molar-refractivity contribution in [3.8, 4) is 68.2 Å². The highest BCUT2D eigenvalue weighted by molar-refractivity contribution is 5.83. The molecule has 244 valence electrons. The van der Waals surface area contributed by atoms with Gasteiger partial charge in [-0.05, 0) is 41.0 Å². The Bertz CT molecular complexity index is 2500. The van der Waals surface area contributed by atoms with Gasteiger partial charge in [0.1, 0.15) is 5.75 Å². The van der Waals surface area contributed by atoms with Crippen molar-refractivity contribution in [1.82, 2.24) is 15.0 Å². The van der Waals surface area contributed by atoms with E-state index in [-0.39, 0.29) is 0 Å². The Morgan fingerprint density at radius 2 is 0.923 bits per heavy atom. The molecule has 1 aliphatic heterocycles. The monoisotopic (exact) mass is 666 g/mol. The highest BCUT2D eigenvalue weighted by atomic mass is 16.5. The summed E-state index contributed by atoms with van der Waals surface area (Å²) in [7, 11) is 0. The molecular weight excluding hydrogens is 637 g/mol. The predicted octanol–water partition coefficient (Wildman–Crippen LogP) is 10.8. The molecule has 2 heterocycles. The van der Waals surface area contributed by atoms with E-state index in [2.05, 4.69) is 97.1 Å². The van der Waals surface area contributed by atoms with Crippen LogP contribution < -0.4 is 4.74 Å². The maximum atomic E-state index is 10.2. The van der Waals surface area contributed by atoms with Crippen molar-refractivity contribution in [2.24, 2.45) is 0 Å². The van der Waals surface area contributed by atoms with Crippen LogP contribution in [-0.4, -0.2) is 15.0 Å². The minimum atomic E-state index is -0.878. The zero-order valence-electron chi connectivity index (χ0n) is 28.0. The summed E-state index contributed by atoms with van der Waals surface area (Å²) in [4.78, 5) is 14.7. The standard InChI is InChI=1S/C47H30N4O/c48-31-32-27-36(29-37(28-32)46-50-44(33-15-5-1-6-16-33)49-45(51-46)34-17-7-2-8-18-34)35-25-26-41-40-23-13-14-24-42(40)47(52-43(41)30-35,38-19-9-3-10-20-38)39-21-11-4-12-22-39/h1-30H. The third-order valence-electron chi connectivity index (χ3n) is 9.55. The van der Waals surface area contributed by atoms with Crippen molar-refractivity contribution in [1.29, 1.82) is 5.26 Å². The third-order valence-corrected chi connectivity index (χ3v) is 9.55. The highest BCUT2D eigenvalue weighted by Crippen LogP contribution is 2.52. The van der Waals surface area contributed by atoms with Crippen molar-refractivity contribution in [2.75, 3.05) is 0 Å². The van der Waals surface area contributed by atoms with Crippen LogP contribution in [-0.2, 0) is 5.60 Å². The Balaban J connectivity index is 1.21. The number of aromatic nitrogens is 3. The van der Waals surface area contributed by atoms with E-state index < -0.39 is 5.60 Å². The van der Waals surface area contributed by atoms with Gasteiger partial charge >= 0.3 is 0 Å². The van der Waals surface area contributed by atoms with Gasteiger partial charge < -0.3 is 4.74 Å². The third kappa shape index (κ3) is 5.40. The minimum Gasteiger partial charge on any atom is -0.472 e. The second-order valence-corrected chi connectivity index (χ2v) is 12.7. The van der Waals surface area contributed by atoms with E-state index in [0.717, 1.165) is 61.4 Å². The summed E-state index contributed by atoms with van der Waals surface area (Å²) in [5.41, 5.74) is 9.15. The Morgan fingerprint density at radius 1 is 0.423 bits per heavy atom. The Kier molecular flexibility index (Phi) is 7.68. The minimum absolute atomic E-state index is 0.487. The van der Waals surface area contributed by atoms with Crippen molar-refractivity contribution < 1.29 is 4.74 Å². The van der Waals surface area contributed by atoms with Gasteiger partial charge in [0.05, 0.1) is 11.6 Å². The quantitative estimate of drug-likeness (QED) is 0.177. The van der Waals surface area contributed by atoms with Crippen molar-refractivity contribution >= 4 is 0 Å². The molecule has 0 radical (unpaired) electrons. The van der Waals surface area contributed by atoms with E-state index in [4.69, 9.17) is 19.7 Å². The van der Waals surface area contributed by atoms with Crippen molar-refractivity contribution in [3.63, 3.8) is 0 Å². The maximum absolute atomic E-state index is 10.2. The van der Waals surface area contributed by atoms with Crippen LogP contribution in [0.25, 0.3) is 56.4 Å². The highest BCUT2D eigenvalue weighted by Gasteiger charge is 2.44. The zero-order valence-corrected chi connectivity index (χ0v) is 28.0. The Hall–Kier alpha value is -7.16. The van der Waals surface area contributed by atoms with E-state index in [0.29, 0.717) is 23.0 Å². The molecule has 0 spiro atoms. The molecule has 0 atom stereocenters. The van der Waals surface area contributed by atoms with Gasteiger partial charge in [0.25, 0.3) is 0 Å². The molecule has 0 fully saturated rings. The van der Waals surface area contributed by atoms with Gasteiger partial charge in [0.2, 0.25) is 0 Å². The zero-order chi connectivity index (χ0) is 34.9. The topological polar surface area (TPSA) is 71.7 Å². The molecule has 8 aromatic rings. The number of nitriles is 1. The fraction of sp³-hybridized carbons (Fsp3) is 0.0213. The molecule has 9 rings (SSSR count). The lowest BCUT2D eigenvalue weighted by molar-refractivity contribution is 0.152. The Labute approximate surface area is 302 Å². The van der Waals surface area contributed by atoms with Crippen molar-refractivity contribution in [2.45, 2.75) is 5.60 Å². The lowest BCUT2D eigenvalue weighted by Gasteiger charge is -2.41. The molecule has 7 aromatic carbocycles. The number of fused-ring (bicyclic) bond motifs is 3. The largest absolute Gasteiger partial charge is 0.472 e. The molecule has 5 nitrogen and oxygen atoms in total. The average Bonchev–Trinajstić information content (AvgIpc) is 3.24. The maximum Gasteiger partial charge on any atom is 0.185 e. The lowest BCUT2D eigenvalue weighted by Crippen LogP contribution is -2.38.